The summed E-state index contributed by atoms with van der Waals surface area (Å²) in [5.74, 6) is 1.82. The van der Waals surface area contributed by atoms with Gasteiger partial charge in [0.15, 0.2) is 0 Å². The molecular formula is C22H27NO2. The van der Waals surface area contributed by atoms with Crippen molar-refractivity contribution in [2.75, 3.05) is 13.2 Å². The Morgan fingerprint density at radius 3 is 1.72 bits per heavy atom. The lowest BCUT2D eigenvalue weighted by molar-refractivity contribution is 0.305. The van der Waals surface area contributed by atoms with Crippen molar-refractivity contribution >= 4 is 0 Å². The molecule has 25 heavy (non-hydrogen) atoms. The summed E-state index contributed by atoms with van der Waals surface area (Å²) in [6.07, 6.45) is 5.85. The molecule has 132 valence electrons. The molecule has 2 aromatic carbocycles. The van der Waals surface area contributed by atoms with Crippen molar-refractivity contribution in [1.82, 2.24) is 0 Å². The third-order valence-electron chi connectivity index (χ3n) is 4.01. The predicted octanol–water partition coefficient (Wildman–Crippen LogP) is 6.00. The SMILES string of the molecule is CCCCOc1ccc(-c2ccc(OCCCCCC#N)cc2)cc1. The molecule has 3 heteroatoms. The van der Waals surface area contributed by atoms with Crippen LogP contribution in [0.15, 0.2) is 48.5 Å². The van der Waals surface area contributed by atoms with Crippen molar-refractivity contribution in [2.45, 2.75) is 45.4 Å². The van der Waals surface area contributed by atoms with Gasteiger partial charge in [0.2, 0.25) is 0 Å². The lowest BCUT2D eigenvalue weighted by Gasteiger charge is -2.09. The van der Waals surface area contributed by atoms with E-state index in [-0.39, 0.29) is 0 Å². The second kappa shape index (κ2) is 11.1. The van der Waals surface area contributed by atoms with Gasteiger partial charge in [0.05, 0.1) is 19.3 Å². The van der Waals surface area contributed by atoms with Gasteiger partial charge in [0, 0.05) is 6.42 Å². The highest BCUT2D eigenvalue weighted by molar-refractivity contribution is 5.64. The fourth-order valence-corrected chi connectivity index (χ4v) is 2.49. The maximum atomic E-state index is 8.50. The summed E-state index contributed by atoms with van der Waals surface area (Å²) in [4.78, 5) is 0. The van der Waals surface area contributed by atoms with E-state index in [0.717, 1.165) is 50.2 Å². The number of hydrogen-bond acceptors (Lipinski definition) is 3. The number of hydrogen-bond donors (Lipinski definition) is 0. The highest BCUT2D eigenvalue weighted by atomic mass is 16.5. The molecule has 0 unspecified atom stereocenters. The first kappa shape index (κ1) is 18.9. The molecule has 0 aliphatic carbocycles. The van der Waals surface area contributed by atoms with Crippen LogP contribution >= 0.6 is 0 Å². The van der Waals surface area contributed by atoms with Crippen LogP contribution in [-0.4, -0.2) is 13.2 Å². The number of unbranched alkanes of at least 4 members (excludes halogenated alkanes) is 4. The van der Waals surface area contributed by atoms with Gasteiger partial charge in [-0.05, 0) is 61.1 Å². The fraction of sp³-hybridized carbons (Fsp3) is 0.409. The third kappa shape index (κ3) is 6.89. The zero-order valence-corrected chi connectivity index (χ0v) is 15.0. The molecule has 0 spiro atoms. The largest absolute Gasteiger partial charge is 0.494 e. The maximum Gasteiger partial charge on any atom is 0.119 e. The van der Waals surface area contributed by atoms with E-state index in [1.165, 1.54) is 11.1 Å². The van der Waals surface area contributed by atoms with Crippen LogP contribution in [0, 0.1) is 11.3 Å². The summed E-state index contributed by atoms with van der Waals surface area (Å²) in [5.41, 5.74) is 2.34. The number of ether oxygens (including phenoxy) is 2. The van der Waals surface area contributed by atoms with Crippen molar-refractivity contribution in [3.63, 3.8) is 0 Å². The van der Waals surface area contributed by atoms with Crippen molar-refractivity contribution in [3.05, 3.63) is 48.5 Å². The molecule has 0 bridgehead atoms. The normalized spacial score (nSPS) is 10.2. The molecule has 0 saturated carbocycles. The summed E-state index contributed by atoms with van der Waals surface area (Å²) in [6, 6.07) is 18.6. The summed E-state index contributed by atoms with van der Waals surface area (Å²) in [7, 11) is 0. The van der Waals surface area contributed by atoms with E-state index in [9.17, 15) is 0 Å². The molecule has 3 nitrogen and oxygen atoms in total. The Labute approximate surface area is 151 Å². The number of nitrogens with zero attached hydrogens (tertiary/aromatic N) is 1. The summed E-state index contributed by atoms with van der Waals surface area (Å²) in [5, 5.41) is 8.50. The highest BCUT2D eigenvalue weighted by Crippen LogP contribution is 2.25. The summed E-state index contributed by atoms with van der Waals surface area (Å²) < 4.78 is 11.4. The van der Waals surface area contributed by atoms with Crippen LogP contribution < -0.4 is 9.47 Å². The van der Waals surface area contributed by atoms with E-state index in [0.29, 0.717) is 13.0 Å². The molecule has 0 amide bonds. The lowest BCUT2D eigenvalue weighted by atomic mass is 10.1. The van der Waals surface area contributed by atoms with E-state index >= 15 is 0 Å². The quantitative estimate of drug-likeness (QED) is 0.473. The number of rotatable bonds is 11. The first-order chi connectivity index (χ1) is 12.3. The van der Waals surface area contributed by atoms with Gasteiger partial charge in [-0.2, -0.15) is 5.26 Å². The van der Waals surface area contributed by atoms with Gasteiger partial charge in [-0.3, -0.25) is 0 Å². The minimum Gasteiger partial charge on any atom is -0.494 e. The first-order valence-corrected chi connectivity index (χ1v) is 9.16. The van der Waals surface area contributed by atoms with Gasteiger partial charge < -0.3 is 9.47 Å². The van der Waals surface area contributed by atoms with Gasteiger partial charge >= 0.3 is 0 Å². The molecule has 0 aliphatic heterocycles. The smallest absolute Gasteiger partial charge is 0.119 e. The Balaban J connectivity index is 1.80. The third-order valence-corrected chi connectivity index (χ3v) is 4.01. The standard InChI is InChI=1S/C22H27NO2/c1-2-3-17-24-21-12-8-19(9-13-21)20-10-14-22(15-11-20)25-18-7-5-4-6-16-23/h8-15H,2-7,17-18H2,1H3. The zero-order chi connectivity index (χ0) is 17.7. The van der Waals surface area contributed by atoms with E-state index in [1.54, 1.807) is 0 Å². The van der Waals surface area contributed by atoms with Crippen LogP contribution in [-0.2, 0) is 0 Å². The van der Waals surface area contributed by atoms with Crippen LogP contribution in [0.25, 0.3) is 11.1 Å². The first-order valence-electron chi connectivity index (χ1n) is 9.16. The maximum absolute atomic E-state index is 8.50. The van der Waals surface area contributed by atoms with E-state index in [4.69, 9.17) is 14.7 Å². The highest BCUT2D eigenvalue weighted by Gasteiger charge is 2.00. The Morgan fingerprint density at radius 2 is 1.24 bits per heavy atom. The van der Waals surface area contributed by atoms with Crippen LogP contribution in [0.1, 0.15) is 45.4 Å². The van der Waals surface area contributed by atoms with Gasteiger partial charge in [-0.25, -0.2) is 0 Å². The van der Waals surface area contributed by atoms with Crippen LogP contribution in [0.3, 0.4) is 0 Å². The molecular weight excluding hydrogens is 310 g/mol. The summed E-state index contributed by atoms with van der Waals surface area (Å²) >= 11 is 0. The molecule has 2 aromatic rings. The van der Waals surface area contributed by atoms with Crippen molar-refractivity contribution in [2.24, 2.45) is 0 Å². The van der Waals surface area contributed by atoms with Gasteiger partial charge in [0.25, 0.3) is 0 Å². The lowest BCUT2D eigenvalue weighted by Crippen LogP contribution is -1.97. The summed E-state index contributed by atoms with van der Waals surface area (Å²) in [6.45, 7) is 3.64. The Morgan fingerprint density at radius 1 is 0.720 bits per heavy atom. The number of nitriles is 1. The van der Waals surface area contributed by atoms with Crippen molar-refractivity contribution < 1.29 is 9.47 Å². The van der Waals surface area contributed by atoms with Crippen LogP contribution in [0.2, 0.25) is 0 Å². The molecule has 0 aromatic heterocycles. The molecule has 0 aliphatic rings. The average Bonchev–Trinajstić information content (AvgIpc) is 2.66. The minimum atomic E-state index is 0.636. The van der Waals surface area contributed by atoms with Gasteiger partial charge in [-0.1, -0.05) is 37.6 Å². The van der Waals surface area contributed by atoms with E-state index < -0.39 is 0 Å². The predicted molar refractivity (Wildman–Crippen MR) is 102 cm³/mol. The molecule has 0 heterocycles. The van der Waals surface area contributed by atoms with Crippen LogP contribution in [0.4, 0.5) is 0 Å². The van der Waals surface area contributed by atoms with Crippen molar-refractivity contribution in [1.29, 1.82) is 5.26 Å². The molecule has 2 rings (SSSR count). The van der Waals surface area contributed by atoms with Gasteiger partial charge in [0.1, 0.15) is 11.5 Å². The fourth-order valence-electron chi connectivity index (χ4n) is 2.49. The molecule has 0 N–H and O–H groups in total. The van der Waals surface area contributed by atoms with Gasteiger partial charge in [-0.15, -0.1) is 0 Å². The molecule has 0 radical (unpaired) electrons. The Hall–Kier alpha value is -2.47. The molecule has 0 saturated heterocycles. The average molecular weight is 337 g/mol. The topological polar surface area (TPSA) is 42.2 Å². The van der Waals surface area contributed by atoms with E-state index in [1.807, 2.05) is 24.3 Å². The van der Waals surface area contributed by atoms with Crippen LogP contribution in [0.5, 0.6) is 11.5 Å². The molecule has 0 atom stereocenters. The monoisotopic (exact) mass is 337 g/mol. The second-order valence-electron chi connectivity index (χ2n) is 6.07. The van der Waals surface area contributed by atoms with Crippen molar-refractivity contribution in [3.8, 4) is 28.7 Å². The Bertz CT molecular complexity index is 641. The second-order valence-corrected chi connectivity index (χ2v) is 6.07. The minimum absolute atomic E-state index is 0.636. The zero-order valence-electron chi connectivity index (χ0n) is 15.0. The molecule has 0 fully saturated rings. The Kier molecular flexibility index (Phi) is 8.41. The van der Waals surface area contributed by atoms with E-state index in [2.05, 4.69) is 37.3 Å². The number of benzene rings is 2.